The molecular formula is C15H29N3O. The van der Waals surface area contributed by atoms with E-state index < -0.39 is 0 Å². The molecule has 2 N–H and O–H groups in total. The van der Waals surface area contributed by atoms with Crippen LogP contribution in [0.3, 0.4) is 0 Å². The molecule has 3 fully saturated rings. The molecule has 2 atom stereocenters. The van der Waals surface area contributed by atoms with Gasteiger partial charge in [-0.3, -0.25) is 9.80 Å². The predicted molar refractivity (Wildman–Crippen MR) is 77.2 cm³/mol. The van der Waals surface area contributed by atoms with E-state index in [1.54, 1.807) is 0 Å². The third-order valence-corrected chi connectivity index (χ3v) is 5.07. The highest BCUT2D eigenvalue weighted by atomic mass is 16.5. The molecule has 3 rings (SSSR count). The smallest absolute Gasteiger partial charge is 0.0702 e. The average Bonchev–Trinajstić information content (AvgIpc) is 2.89. The van der Waals surface area contributed by atoms with Crippen molar-refractivity contribution in [1.82, 2.24) is 9.80 Å². The summed E-state index contributed by atoms with van der Waals surface area (Å²) in [6.07, 6.45) is 8.08. The summed E-state index contributed by atoms with van der Waals surface area (Å²) in [6, 6.07) is 1.22. The lowest BCUT2D eigenvalue weighted by Gasteiger charge is -2.35. The number of piperidine rings is 1. The minimum absolute atomic E-state index is 0.449. The molecule has 0 aromatic carbocycles. The maximum atomic E-state index is 5.99. The van der Waals surface area contributed by atoms with Crippen molar-refractivity contribution in [2.75, 3.05) is 39.3 Å². The summed E-state index contributed by atoms with van der Waals surface area (Å²) < 4.78 is 5.86. The summed E-state index contributed by atoms with van der Waals surface area (Å²) in [5.74, 6) is 0. The Kier molecular flexibility index (Phi) is 4.74. The fraction of sp³-hybridized carbons (Fsp3) is 1.00. The predicted octanol–water partition coefficient (Wildman–Crippen LogP) is 1.05. The van der Waals surface area contributed by atoms with Gasteiger partial charge in [-0.2, -0.15) is 0 Å². The molecule has 3 heterocycles. The fourth-order valence-electron chi connectivity index (χ4n) is 3.80. The zero-order valence-corrected chi connectivity index (χ0v) is 12.1. The lowest BCUT2D eigenvalue weighted by atomic mass is 10.0. The number of nitrogens with zero attached hydrogens (tertiary/aromatic N) is 2. The summed E-state index contributed by atoms with van der Waals surface area (Å²) >= 11 is 0. The zero-order chi connectivity index (χ0) is 13.1. The third kappa shape index (κ3) is 3.69. The first kappa shape index (κ1) is 13.8. The van der Waals surface area contributed by atoms with E-state index in [4.69, 9.17) is 10.5 Å². The topological polar surface area (TPSA) is 41.7 Å². The number of ether oxygens (including phenoxy) is 1. The van der Waals surface area contributed by atoms with E-state index in [2.05, 4.69) is 9.80 Å². The number of hydrogen-bond acceptors (Lipinski definition) is 4. The molecule has 0 spiro atoms. The Hall–Kier alpha value is -0.160. The molecule has 110 valence electrons. The van der Waals surface area contributed by atoms with Gasteiger partial charge in [-0.1, -0.05) is 0 Å². The summed E-state index contributed by atoms with van der Waals surface area (Å²) in [5.41, 5.74) is 5.99. The van der Waals surface area contributed by atoms with Crippen molar-refractivity contribution in [3.05, 3.63) is 0 Å². The summed E-state index contributed by atoms with van der Waals surface area (Å²) in [7, 11) is 0. The van der Waals surface area contributed by atoms with Crippen molar-refractivity contribution in [2.45, 2.75) is 56.7 Å². The number of hydrogen-bond donors (Lipinski definition) is 1. The van der Waals surface area contributed by atoms with Gasteiger partial charge >= 0.3 is 0 Å². The van der Waals surface area contributed by atoms with Crippen LogP contribution in [0.5, 0.6) is 0 Å². The maximum Gasteiger partial charge on any atom is 0.0702 e. The Morgan fingerprint density at radius 2 is 1.84 bits per heavy atom. The van der Waals surface area contributed by atoms with Gasteiger partial charge in [0.15, 0.2) is 0 Å². The van der Waals surface area contributed by atoms with Crippen LogP contribution in [-0.2, 0) is 4.74 Å². The van der Waals surface area contributed by atoms with Crippen molar-refractivity contribution in [1.29, 1.82) is 0 Å². The van der Waals surface area contributed by atoms with Crippen molar-refractivity contribution in [3.63, 3.8) is 0 Å². The molecular weight excluding hydrogens is 238 g/mol. The fourth-order valence-corrected chi connectivity index (χ4v) is 3.80. The first-order chi connectivity index (χ1) is 9.31. The van der Waals surface area contributed by atoms with E-state index >= 15 is 0 Å². The van der Waals surface area contributed by atoms with Crippen molar-refractivity contribution < 1.29 is 4.74 Å². The van der Waals surface area contributed by atoms with Gasteiger partial charge in [-0.25, -0.2) is 0 Å². The Morgan fingerprint density at radius 3 is 2.58 bits per heavy atom. The van der Waals surface area contributed by atoms with E-state index in [0.717, 1.165) is 19.2 Å². The molecule has 4 heteroatoms. The molecule has 0 aliphatic carbocycles. The van der Waals surface area contributed by atoms with Crippen LogP contribution in [0.4, 0.5) is 0 Å². The largest absolute Gasteiger partial charge is 0.377 e. The second kappa shape index (κ2) is 6.53. The summed E-state index contributed by atoms with van der Waals surface area (Å²) in [5, 5.41) is 0. The standard InChI is InChI=1S/C15H29N3O/c16-13-4-8-18(9-5-13)14-6-7-17(11-14)12-15-3-1-2-10-19-15/h13-15H,1-12,16H2. The van der Waals surface area contributed by atoms with Crippen LogP contribution in [0.15, 0.2) is 0 Å². The Labute approximate surface area is 117 Å². The van der Waals surface area contributed by atoms with Crippen molar-refractivity contribution in [2.24, 2.45) is 5.73 Å². The normalized spacial score (nSPS) is 35.8. The molecule has 2 unspecified atom stereocenters. The molecule has 0 radical (unpaired) electrons. The van der Waals surface area contributed by atoms with Crippen LogP contribution in [0.25, 0.3) is 0 Å². The summed E-state index contributed by atoms with van der Waals surface area (Å²) in [4.78, 5) is 5.29. The van der Waals surface area contributed by atoms with Crippen LogP contribution < -0.4 is 5.73 Å². The van der Waals surface area contributed by atoms with Crippen molar-refractivity contribution in [3.8, 4) is 0 Å². The zero-order valence-electron chi connectivity index (χ0n) is 12.1. The van der Waals surface area contributed by atoms with Gasteiger partial charge in [0.25, 0.3) is 0 Å². The van der Waals surface area contributed by atoms with Gasteiger partial charge in [0.05, 0.1) is 6.10 Å². The van der Waals surface area contributed by atoms with Gasteiger partial charge in [0.2, 0.25) is 0 Å². The average molecular weight is 267 g/mol. The molecule has 3 aliphatic rings. The monoisotopic (exact) mass is 267 g/mol. The second-order valence-electron chi connectivity index (χ2n) is 6.56. The molecule has 3 saturated heterocycles. The quantitative estimate of drug-likeness (QED) is 0.830. The van der Waals surface area contributed by atoms with E-state index in [1.165, 1.54) is 64.7 Å². The Balaban J connectivity index is 1.42. The van der Waals surface area contributed by atoms with Crippen LogP contribution in [-0.4, -0.2) is 67.3 Å². The van der Waals surface area contributed by atoms with Gasteiger partial charge < -0.3 is 10.5 Å². The Morgan fingerprint density at radius 1 is 1.00 bits per heavy atom. The molecule has 19 heavy (non-hydrogen) atoms. The number of nitrogens with two attached hydrogens (primary N) is 1. The molecule has 0 amide bonds. The first-order valence-electron chi connectivity index (χ1n) is 8.15. The highest BCUT2D eigenvalue weighted by Crippen LogP contribution is 2.22. The van der Waals surface area contributed by atoms with Crippen molar-refractivity contribution >= 4 is 0 Å². The third-order valence-electron chi connectivity index (χ3n) is 5.07. The van der Waals surface area contributed by atoms with E-state index in [0.29, 0.717) is 12.1 Å². The lowest BCUT2D eigenvalue weighted by Crippen LogP contribution is -2.46. The van der Waals surface area contributed by atoms with Gasteiger partial charge in [0.1, 0.15) is 0 Å². The van der Waals surface area contributed by atoms with Crippen LogP contribution in [0.2, 0.25) is 0 Å². The second-order valence-corrected chi connectivity index (χ2v) is 6.56. The van der Waals surface area contributed by atoms with Crippen LogP contribution >= 0.6 is 0 Å². The highest BCUT2D eigenvalue weighted by molar-refractivity contribution is 4.87. The molecule has 4 nitrogen and oxygen atoms in total. The Bertz CT molecular complexity index is 273. The van der Waals surface area contributed by atoms with Gasteiger partial charge in [-0.05, 0) is 58.2 Å². The lowest BCUT2D eigenvalue weighted by molar-refractivity contribution is -0.00310. The number of likely N-dealkylation sites (tertiary alicyclic amines) is 2. The minimum atomic E-state index is 0.449. The maximum absolute atomic E-state index is 5.99. The van der Waals surface area contributed by atoms with E-state index in [-0.39, 0.29) is 0 Å². The van der Waals surface area contributed by atoms with Gasteiger partial charge in [-0.15, -0.1) is 0 Å². The summed E-state index contributed by atoms with van der Waals surface area (Å²) in [6.45, 7) is 7.05. The van der Waals surface area contributed by atoms with Crippen LogP contribution in [0.1, 0.15) is 38.5 Å². The van der Waals surface area contributed by atoms with E-state index in [1.807, 2.05) is 0 Å². The number of rotatable bonds is 3. The molecule has 0 bridgehead atoms. The molecule has 0 aromatic rings. The molecule has 0 aromatic heterocycles. The highest BCUT2D eigenvalue weighted by Gasteiger charge is 2.31. The van der Waals surface area contributed by atoms with Crippen LogP contribution in [0, 0.1) is 0 Å². The minimum Gasteiger partial charge on any atom is -0.377 e. The van der Waals surface area contributed by atoms with E-state index in [9.17, 15) is 0 Å². The molecule has 3 aliphatic heterocycles. The van der Waals surface area contributed by atoms with Gasteiger partial charge in [0, 0.05) is 31.8 Å². The SMILES string of the molecule is NC1CCN(C2CCN(CC3CCCCO3)C2)CC1. The first-order valence-corrected chi connectivity index (χ1v) is 8.15. The molecule has 0 saturated carbocycles.